The van der Waals surface area contributed by atoms with Gasteiger partial charge in [0, 0.05) is 40.6 Å². The summed E-state index contributed by atoms with van der Waals surface area (Å²) in [4.78, 5) is 28.0. The Hall–Kier alpha value is -3.32. The van der Waals surface area contributed by atoms with E-state index >= 15 is 0 Å². The Kier molecular flexibility index (Phi) is 6.28. The molecule has 2 heterocycles. The van der Waals surface area contributed by atoms with Gasteiger partial charge in [0.1, 0.15) is 11.9 Å². The summed E-state index contributed by atoms with van der Waals surface area (Å²) in [6.07, 6.45) is 5.10. The van der Waals surface area contributed by atoms with Crippen LogP contribution in [0.25, 0.3) is 21.8 Å². The van der Waals surface area contributed by atoms with E-state index in [9.17, 15) is 19.1 Å². The largest absolute Gasteiger partial charge is 0.480 e. The third kappa shape index (κ3) is 4.29. The fourth-order valence-electron chi connectivity index (χ4n) is 5.46. The molecule has 0 saturated carbocycles. The average molecular weight is 496 g/mol. The molecule has 0 aliphatic heterocycles. The first-order valence-corrected chi connectivity index (χ1v) is 12.3. The van der Waals surface area contributed by atoms with Crippen molar-refractivity contribution in [3.8, 4) is 0 Å². The van der Waals surface area contributed by atoms with E-state index in [1.807, 2.05) is 37.4 Å². The molecule has 0 bridgehead atoms. The Labute approximate surface area is 207 Å². The zero-order valence-corrected chi connectivity index (χ0v) is 20.2. The second-order valence-corrected chi connectivity index (χ2v) is 9.62. The summed E-state index contributed by atoms with van der Waals surface area (Å²) in [5.41, 5.74) is 4.45. The van der Waals surface area contributed by atoms with Crippen LogP contribution in [0, 0.1) is 5.82 Å². The number of carbonyl (C=O) groups is 2. The second-order valence-electron chi connectivity index (χ2n) is 9.21. The Balaban J connectivity index is 1.37. The maximum absolute atomic E-state index is 14.3. The number of rotatable bonds is 7. The van der Waals surface area contributed by atoms with E-state index in [1.165, 1.54) is 12.1 Å². The minimum absolute atomic E-state index is 0.0337. The summed E-state index contributed by atoms with van der Waals surface area (Å²) in [6, 6.07) is 9.77. The molecular weight excluding hydrogens is 469 g/mol. The van der Waals surface area contributed by atoms with Gasteiger partial charge in [0.15, 0.2) is 0 Å². The van der Waals surface area contributed by atoms with E-state index in [2.05, 4.69) is 10.3 Å². The summed E-state index contributed by atoms with van der Waals surface area (Å²) < 4.78 is 16.1. The second kappa shape index (κ2) is 9.38. The lowest BCUT2D eigenvalue weighted by molar-refractivity contribution is -0.141. The molecule has 2 aromatic heterocycles. The van der Waals surface area contributed by atoms with Gasteiger partial charge in [0.2, 0.25) is 5.91 Å². The number of H-pyrrole nitrogens is 1. The number of carbonyl (C=O) groups excluding carboxylic acids is 1. The van der Waals surface area contributed by atoms with Crippen molar-refractivity contribution >= 4 is 45.3 Å². The van der Waals surface area contributed by atoms with Crippen LogP contribution in [0.2, 0.25) is 5.02 Å². The van der Waals surface area contributed by atoms with Gasteiger partial charge in [0.25, 0.3) is 0 Å². The number of hydrogen-bond donors (Lipinski definition) is 3. The van der Waals surface area contributed by atoms with Gasteiger partial charge in [-0.3, -0.25) is 4.79 Å². The number of para-hydroxylation sites is 1. The quantitative estimate of drug-likeness (QED) is 0.314. The topological polar surface area (TPSA) is 87.1 Å². The highest BCUT2D eigenvalue weighted by Crippen LogP contribution is 2.39. The van der Waals surface area contributed by atoms with Crippen molar-refractivity contribution in [2.24, 2.45) is 0 Å². The van der Waals surface area contributed by atoms with Crippen molar-refractivity contribution in [1.82, 2.24) is 14.9 Å². The molecule has 1 unspecified atom stereocenters. The summed E-state index contributed by atoms with van der Waals surface area (Å²) in [5, 5.41) is 14.9. The third-order valence-electron chi connectivity index (χ3n) is 7.06. The Morgan fingerprint density at radius 2 is 2.09 bits per heavy atom. The average Bonchev–Trinajstić information content (AvgIpc) is 3.37. The fourth-order valence-corrected chi connectivity index (χ4v) is 5.75. The van der Waals surface area contributed by atoms with Crippen LogP contribution in [0.15, 0.2) is 42.6 Å². The number of benzene rings is 2. The number of aliphatic carboxylic acids is 1. The Morgan fingerprint density at radius 3 is 2.86 bits per heavy atom. The molecular formula is C27H27ClFN3O3. The number of carboxylic acid groups (broad SMARTS) is 1. The summed E-state index contributed by atoms with van der Waals surface area (Å²) >= 11 is 6.42. The molecule has 1 aliphatic rings. The molecule has 0 saturated heterocycles. The van der Waals surface area contributed by atoms with Crippen LogP contribution >= 0.6 is 11.6 Å². The van der Waals surface area contributed by atoms with Crippen molar-refractivity contribution in [3.63, 3.8) is 0 Å². The van der Waals surface area contributed by atoms with Crippen LogP contribution < -0.4 is 5.32 Å². The smallest absolute Gasteiger partial charge is 0.326 e. The molecule has 6 nitrogen and oxygen atoms in total. The van der Waals surface area contributed by atoms with Crippen LogP contribution in [0.4, 0.5) is 4.39 Å². The number of amides is 1. The first-order chi connectivity index (χ1) is 16.9. The van der Waals surface area contributed by atoms with Crippen LogP contribution in [-0.2, 0) is 28.9 Å². The van der Waals surface area contributed by atoms with Gasteiger partial charge in [-0.1, -0.05) is 36.7 Å². The number of aryl methyl sites for hydroxylation is 1. The highest BCUT2D eigenvalue weighted by atomic mass is 35.5. The molecule has 2 aromatic carbocycles. The molecule has 0 fully saturated rings. The number of hydrogen-bond acceptors (Lipinski definition) is 2. The van der Waals surface area contributed by atoms with E-state index in [-0.39, 0.29) is 17.0 Å². The van der Waals surface area contributed by atoms with Crippen LogP contribution in [0.1, 0.15) is 49.0 Å². The predicted molar refractivity (Wildman–Crippen MR) is 134 cm³/mol. The van der Waals surface area contributed by atoms with Crippen molar-refractivity contribution < 1.29 is 19.1 Å². The molecule has 4 aromatic rings. The van der Waals surface area contributed by atoms with Crippen molar-refractivity contribution in [3.05, 3.63) is 70.3 Å². The van der Waals surface area contributed by atoms with E-state index in [0.717, 1.165) is 27.7 Å². The van der Waals surface area contributed by atoms with Gasteiger partial charge in [-0.2, -0.15) is 0 Å². The van der Waals surface area contributed by atoms with E-state index in [4.69, 9.17) is 11.6 Å². The third-order valence-corrected chi connectivity index (χ3v) is 7.35. The molecule has 1 amide bonds. The highest BCUT2D eigenvalue weighted by Gasteiger charge is 2.32. The lowest BCUT2D eigenvalue weighted by Crippen LogP contribution is -2.39. The number of aromatic nitrogens is 2. The molecule has 1 aliphatic carbocycles. The number of nitrogens with one attached hydrogen (secondary N) is 2. The number of halogens is 2. The molecule has 0 spiro atoms. The van der Waals surface area contributed by atoms with Gasteiger partial charge in [0.05, 0.1) is 10.5 Å². The number of fused-ring (bicyclic) bond motifs is 4. The lowest BCUT2D eigenvalue weighted by atomic mass is 9.91. The predicted octanol–water partition coefficient (Wildman–Crippen LogP) is 5.56. The first kappa shape index (κ1) is 23.4. The molecule has 2 atom stereocenters. The van der Waals surface area contributed by atoms with Crippen molar-refractivity contribution in [2.75, 3.05) is 0 Å². The van der Waals surface area contributed by atoms with Crippen molar-refractivity contribution in [2.45, 2.75) is 57.5 Å². The number of aromatic amines is 1. The minimum atomic E-state index is -0.944. The van der Waals surface area contributed by atoms with Gasteiger partial charge in [-0.15, -0.1) is 0 Å². The lowest BCUT2D eigenvalue weighted by Gasteiger charge is -2.26. The Morgan fingerprint density at radius 1 is 1.29 bits per heavy atom. The Bertz CT molecular complexity index is 1440. The number of nitrogens with zero attached hydrogens (tertiary/aromatic N) is 1. The molecule has 35 heavy (non-hydrogen) atoms. The minimum Gasteiger partial charge on any atom is -0.480 e. The monoisotopic (exact) mass is 495 g/mol. The van der Waals surface area contributed by atoms with E-state index in [0.29, 0.717) is 49.4 Å². The van der Waals surface area contributed by atoms with Gasteiger partial charge < -0.3 is 20.0 Å². The van der Waals surface area contributed by atoms with E-state index in [1.54, 1.807) is 4.57 Å². The van der Waals surface area contributed by atoms with Crippen LogP contribution in [-0.4, -0.2) is 32.6 Å². The molecule has 182 valence electrons. The SMILES string of the molecule is CCC(C(=O)O)n1c2c(c3cc(F)cc(Cl)c31)C[C@@H](NC(=O)CCc1c[nH]c3ccccc13)CC2. The standard InChI is InChI=1S/C27H27ClFN3O3/c1-2-23(27(34)35)32-24-9-8-17(13-19(24)20-11-16(29)12-21(28)26(20)32)31-25(33)10-7-15-14-30-22-6-4-3-5-18(15)22/h3-6,11-12,14,17,23,30H,2,7-10,13H2,1H3,(H,31,33)(H,34,35)/t17-,23?/m0/s1. The van der Waals surface area contributed by atoms with Gasteiger partial charge >= 0.3 is 5.97 Å². The zero-order chi connectivity index (χ0) is 24.7. The normalized spacial score (nSPS) is 16.4. The molecule has 8 heteroatoms. The fraction of sp³-hybridized carbons (Fsp3) is 0.333. The summed E-state index contributed by atoms with van der Waals surface area (Å²) in [5.74, 6) is -1.44. The maximum Gasteiger partial charge on any atom is 0.326 e. The first-order valence-electron chi connectivity index (χ1n) is 11.9. The maximum atomic E-state index is 14.3. The van der Waals surface area contributed by atoms with Crippen LogP contribution in [0.5, 0.6) is 0 Å². The summed E-state index contributed by atoms with van der Waals surface area (Å²) in [7, 11) is 0. The van der Waals surface area contributed by atoms with Crippen LogP contribution in [0.3, 0.4) is 0 Å². The summed E-state index contributed by atoms with van der Waals surface area (Å²) in [6.45, 7) is 1.81. The zero-order valence-electron chi connectivity index (χ0n) is 19.4. The van der Waals surface area contributed by atoms with Gasteiger partial charge in [-0.05, 0) is 61.4 Å². The molecule has 0 radical (unpaired) electrons. The van der Waals surface area contributed by atoms with Gasteiger partial charge in [-0.25, -0.2) is 9.18 Å². The highest BCUT2D eigenvalue weighted by molar-refractivity contribution is 6.35. The number of carboxylic acids is 1. The molecule has 5 rings (SSSR count). The van der Waals surface area contributed by atoms with Crippen molar-refractivity contribution in [1.29, 1.82) is 0 Å². The molecule has 3 N–H and O–H groups in total. The van der Waals surface area contributed by atoms with E-state index < -0.39 is 17.8 Å².